The number of methoxy groups -OCH3 is 2. The van der Waals surface area contributed by atoms with Gasteiger partial charge in [0, 0.05) is 30.0 Å². The number of nitrogens with one attached hydrogen (secondary N) is 1. The molecule has 0 aliphatic carbocycles. The third-order valence-electron chi connectivity index (χ3n) is 3.64. The summed E-state index contributed by atoms with van der Waals surface area (Å²) in [5.74, 6) is 0.633. The molecule has 0 saturated carbocycles. The number of nitrogens with zero attached hydrogens (tertiary/aromatic N) is 2. The van der Waals surface area contributed by atoms with Gasteiger partial charge in [0.05, 0.1) is 19.9 Å². The van der Waals surface area contributed by atoms with Crippen LogP contribution in [0.2, 0.25) is 0 Å². The van der Waals surface area contributed by atoms with Gasteiger partial charge in [-0.25, -0.2) is 0 Å². The molecule has 1 aromatic heterocycles. The van der Waals surface area contributed by atoms with E-state index in [1.165, 1.54) is 31.0 Å². The van der Waals surface area contributed by atoms with Gasteiger partial charge >= 0.3 is 0 Å². The molecule has 0 saturated heterocycles. The fraction of sp³-hybridized carbons (Fsp3) is 0.105. The first kappa shape index (κ1) is 17.2. The largest absolute Gasteiger partial charge is 0.497 e. The van der Waals surface area contributed by atoms with Crippen molar-refractivity contribution in [3.63, 3.8) is 0 Å². The monoisotopic (exact) mass is 351 g/mol. The van der Waals surface area contributed by atoms with Crippen LogP contribution in [0.5, 0.6) is 11.5 Å². The lowest BCUT2D eigenvalue weighted by Gasteiger charge is -2.10. The predicted octanol–water partition coefficient (Wildman–Crippen LogP) is 2.50. The smallest absolute Gasteiger partial charge is 0.276 e. The summed E-state index contributed by atoms with van der Waals surface area (Å²) in [6.45, 7) is 0. The Balaban J connectivity index is 1.91. The van der Waals surface area contributed by atoms with Gasteiger partial charge in [0.2, 0.25) is 0 Å². The van der Waals surface area contributed by atoms with Crippen LogP contribution in [0.3, 0.4) is 0 Å². The Bertz CT molecular complexity index is 961. The summed E-state index contributed by atoms with van der Waals surface area (Å²) in [5.41, 5.74) is 0.853. The zero-order chi connectivity index (χ0) is 18.5. The summed E-state index contributed by atoms with van der Waals surface area (Å²) in [6.07, 6.45) is 0. The average molecular weight is 351 g/mol. The summed E-state index contributed by atoms with van der Waals surface area (Å²) in [6, 6.07) is 16.6. The molecule has 0 aliphatic heterocycles. The number of rotatable bonds is 5. The number of hydrogen-bond acceptors (Lipinski definition) is 5. The maximum atomic E-state index is 12.5. The Labute approximate surface area is 149 Å². The zero-order valence-corrected chi connectivity index (χ0v) is 14.3. The van der Waals surface area contributed by atoms with Gasteiger partial charge in [-0.05, 0) is 18.2 Å². The Kier molecular flexibility index (Phi) is 4.98. The number of ether oxygens (including phenoxy) is 2. The summed E-state index contributed by atoms with van der Waals surface area (Å²) < 4.78 is 11.6. The zero-order valence-electron chi connectivity index (χ0n) is 14.3. The standard InChI is InChI=1S/C19H17N3O4/c1-25-15-10-13(11-16(12-15)26-2)20-19(24)17-8-9-18(23)22(21-17)14-6-4-3-5-7-14/h3-12H,1-2H3,(H,20,24). The van der Waals surface area contributed by atoms with Gasteiger partial charge in [-0.1, -0.05) is 18.2 Å². The number of amides is 1. The van der Waals surface area contributed by atoms with Gasteiger partial charge < -0.3 is 14.8 Å². The lowest BCUT2D eigenvalue weighted by atomic mass is 10.2. The second-order valence-corrected chi connectivity index (χ2v) is 5.36. The topological polar surface area (TPSA) is 82.5 Å². The van der Waals surface area contributed by atoms with Crippen LogP contribution in [0.15, 0.2) is 65.5 Å². The molecule has 0 bridgehead atoms. The Morgan fingerprint density at radius 1 is 0.962 bits per heavy atom. The van der Waals surface area contributed by atoms with Gasteiger partial charge in [0.15, 0.2) is 0 Å². The first-order chi connectivity index (χ1) is 12.6. The highest BCUT2D eigenvalue weighted by atomic mass is 16.5. The molecule has 1 N–H and O–H groups in total. The Morgan fingerprint density at radius 3 is 2.23 bits per heavy atom. The molecule has 2 aromatic carbocycles. The number of carbonyl (C=O) groups excluding carboxylic acids is 1. The van der Waals surface area contributed by atoms with Gasteiger partial charge in [-0.15, -0.1) is 0 Å². The molecule has 7 heteroatoms. The van der Waals surface area contributed by atoms with Crippen LogP contribution >= 0.6 is 0 Å². The molecule has 0 unspecified atom stereocenters. The van der Waals surface area contributed by atoms with Crippen molar-refractivity contribution in [1.29, 1.82) is 0 Å². The maximum absolute atomic E-state index is 12.5. The average Bonchev–Trinajstić information content (AvgIpc) is 2.68. The molecule has 3 aromatic rings. The second kappa shape index (κ2) is 7.52. The van der Waals surface area contributed by atoms with Gasteiger partial charge in [-0.3, -0.25) is 9.59 Å². The minimum absolute atomic E-state index is 0.107. The van der Waals surface area contributed by atoms with Gasteiger partial charge in [-0.2, -0.15) is 9.78 Å². The summed E-state index contributed by atoms with van der Waals surface area (Å²) in [4.78, 5) is 24.6. The fourth-order valence-corrected chi connectivity index (χ4v) is 2.36. The second-order valence-electron chi connectivity index (χ2n) is 5.36. The third-order valence-corrected chi connectivity index (χ3v) is 3.64. The summed E-state index contributed by atoms with van der Waals surface area (Å²) in [7, 11) is 3.05. The Morgan fingerprint density at radius 2 is 1.62 bits per heavy atom. The number of anilines is 1. The van der Waals surface area contributed by atoms with Gasteiger partial charge in [0.25, 0.3) is 11.5 Å². The van der Waals surface area contributed by atoms with Crippen molar-refractivity contribution < 1.29 is 14.3 Å². The molecule has 132 valence electrons. The number of carbonyl (C=O) groups is 1. The van der Waals surface area contributed by atoms with Crippen LogP contribution in [0.25, 0.3) is 5.69 Å². The molecule has 0 spiro atoms. The van der Waals surface area contributed by atoms with Crippen molar-refractivity contribution in [3.8, 4) is 17.2 Å². The highest BCUT2D eigenvalue weighted by Gasteiger charge is 2.12. The van der Waals surface area contributed by atoms with E-state index < -0.39 is 5.91 Å². The predicted molar refractivity (Wildman–Crippen MR) is 97.3 cm³/mol. The number of benzene rings is 2. The molecule has 0 radical (unpaired) electrons. The van der Waals surface area contributed by atoms with E-state index in [1.807, 2.05) is 6.07 Å². The van der Waals surface area contributed by atoms with Crippen LogP contribution in [0, 0.1) is 0 Å². The van der Waals surface area contributed by atoms with Crippen LogP contribution in [-0.2, 0) is 0 Å². The number of aromatic nitrogens is 2. The van der Waals surface area contributed by atoms with Crippen molar-refractivity contribution in [3.05, 3.63) is 76.7 Å². The van der Waals surface area contributed by atoms with E-state index in [2.05, 4.69) is 10.4 Å². The van der Waals surface area contributed by atoms with Crippen LogP contribution < -0.4 is 20.3 Å². The quantitative estimate of drug-likeness (QED) is 0.764. The highest BCUT2D eigenvalue weighted by Crippen LogP contribution is 2.26. The molecule has 0 fully saturated rings. The van der Waals surface area contributed by atoms with E-state index >= 15 is 0 Å². The number of hydrogen-bond donors (Lipinski definition) is 1. The van der Waals surface area contributed by atoms with E-state index in [9.17, 15) is 9.59 Å². The molecule has 0 aliphatic rings. The number of para-hydroxylation sites is 1. The van der Waals surface area contributed by atoms with E-state index in [-0.39, 0.29) is 11.3 Å². The van der Waals surface area contributed by atoms with Crippen molar-refractivity contribution in [2.45, 2.75) is 0 Å². The fourth-order valence-electron chi connectivity index (χ4n) is 2.36. The first-order valence-electron chi connectivity index (χ1n) is 7.81. The van der Waals surface area contributed by atoms with Crippen molar-refractivity contribution in [2.24, 2.45) is 0 Å². The van der Waals surface area contributed by atoms with E-state index in [1.54, 1.807) is 42.5 Å². The molecule has 26 heavy (non-hydrogen) atoms. The third kappa shape index (κ3) is 3.72. The lowest BCUT2D eigenvalue weighted by Crippen LogP contribution is -2.24. The van der Waals surface area contributed by atoms with E-state index in [4.69, 9.17) is 9.47 Å². The SMILES string of the molecule is COc1cc(NC(=O)c2ccc(=O)n(-c3ccccc3)n2)cc(OC)c1. The van der Waals surface area contributed by atoms with E-state index in [0.717, 1.165) is 0 Å². The minimum atomic E-state index is -0.454. The molecule has 1 heterocycles. The normalized spacial score (nSPS) is 10.2. The Hall–Kier alpha value is -3.61. The van der Waals surface area contributed by atoms with Crippen LogP contribution in [-0.4, -0.2) is 29.9 Å². The molecular weight excluding hydrogens is 334 g/mol. The summed E-state index contributed by atoms with van der Waals surface area (Å²) >= 11 is 0. The molecule has 0 atom stereocenters. The van der Waals surface area contributed by atoms with Crippen molar-refractivity contribution in [1.82, 2.24) is 9.78 Å². The molecular formula is C19H17N3O4. The molecule has 7 nitrogen and oxygen atoms in total. The van der Waals surface area contributed by atoms with Crippen molar-refractivity contribution >= 4 is 11.6 Å². The molecule has 1 amide bonds. The first-order valence-corrected chi connectivity index (χ1v) is 7.81. The summed E-state index contributed by atoms with van der Waals surface area (Å²) in [5, 5.41) is 6.88. The lowest BCUT2D eigenvalue weighted by molar-refractivity contribution is 0.102. The molecule has 3 rings (SSSR count). The van der Waals surface area contributed by atoms with Crippen molar-refractivity contribution in [2.75, 3.05) is 19.5 Å². The van der Waals surface area contributed by atoms with Crippen LogP contribution in [0.1, 0.15) is 10.5 Å². The highest BCUT2D eigenvalue weighted by molar-refractivity contribution is 6.02. The van der Waals surface area contributed by atoms with Gasteiger partial charge in [0.1, 0.15) is 17.2 Å². The van der Waals surface area contributed by atoms with E-state index in [0.29, 0.717) is 22.9 Å². The minimum Gasteiger partial charge on any atom is -0.497 e. The van der Waals surface area contributed by atoms with Crippen LogP contribution in [0.4, 0.5) is 5.69 Å². The maximum Gasteiger partial charge on any atom is 0.276 e.